The Morgan fingerprint density at radius 2 is 1.56 bits per heavy atom. The van der Waals surface area contributed by atoms with Gasteiger partial charge in [0.1, 0.15) is 40.0 Å². The van der Waals surface area contributed by atoms with E-state index in [-0.39, 0.29) is 12.6 Å². The summed E-state index contributed by atoms with van der Waals surface area (Å²) in [6, 6.07) is 26.9. The number of esters is 1. The molecule has 168 valence electrons. The van der Waals surface area contributed by atoms with Crippen molar-refractivity contribution in [3.05, 3.63) is 107 Å². The molecule has 0 unspecified atom stereocenters. The van der Waals surface area contributed by atoms with E-state index >= 15 is 0 Å². The number of nitrogens with zero attached hydrogens (tertiary/aromatic N) is 2. The van der Waals surface area contributed by atoms with E-state index in [0.29, 0.717) is 10.7 Å². The molecule has 0 radical (unpaired) electrons. The van der Waals surface area contributed by atoms with Gasteiger partial charge in [0.2, 0.25) is 0 Å². The summed E-state index contributed by atoms with van der Waals surface area (Å²) < 4.78 is 11.4. The summed E-state index contributed by atoms with van der Waals surface area (Å²) in [4.78, 5) is 22.8. The highest BCUT2D eigenvalue weighted by Crippen LogP contribution is 2.35. The molecule has 7 heteroatoms. The fraction of sp³-hybridized carbons (Fsp3) is 0.0741. The fourth-order valence-corrected chi connectivity index (χ4v) is 4.56. The van der Waals surface area contributed by atoms with Crippen LogP contribution >= 0.6 is 11.3 Å². The summed E-state index contributed by atoms with van der Waals surface area (Å²) in [5.41, 5.74) is 2.58. The molecule has 0 saturated heterocycles. The minimum Gasteiger partial charge on any atom is -0.457 e. The molecule has 0 aliphatic heterocycles. The highest BCUT2D eigenvalue weighted by molar-refractivity contribution is 7.20. The normalized spacial score (nSPS) is 10.7. The van der Waals surface area contributed by atoms with E-state index in [0.717, 1.165) is 38.5 Å². The minimum atomic E-state index is -0.363. The summed E-state index contributed by atoms with van der Waals surface area (Å²) in [6.07, 6.45) is 1.49. The second-order valence-electron chi connectivity index (χ2n) is 7.58. The van der Waals surface area contributed by atoms with Crippen LogP contribution in [0.1, 0.15) is 20.8 Å². The molecular formula is C27H21N3O3S. The second-order valence-corrected chi connectivity index (χ2v) is 8.58. The quantitative estimate of drug-likeness (QED) is 0.263. The number of aromatic nitrogens is 2. The second kappa shape index (κ2) is 9.72. The van der Waals surface area contributed by atoms with E-state index < -0.39 is 0 Å². The van der Waals surface area contributed by atoms with Crippen molar-refractivity contribution in [1.29, 1.82) is 0 Å². The molecule has 0 spiro atoms. The van der Waals surface area contributed by atoms with Crippen LogP contribution in [0.15, 0.2) is 91.3 Å². The van der Waals surface area contributed by atoms with Gasteiger partial charge in [0.05, 0.1) is 5.39 Å². The molecule has 1 N–H and O–H groups in total. The summed E-state index contributed by atoms with van der Waals surface area (Å²) in [5, 5.41) is 4.15. The van der Waals surface area contributed by atoms with Gasteiger partial charge in [0.15, 0.2) is 0 Å². The first-order valence-corrected chi connectivity index (χ1v) is 11.5. The molecule has 0 bridgehead atoms. The Morgan fingerprint density at radius 1 is 0.882 bits per heavy atom. The van der Waals surface area contributed by atoms with E-state index in [1.54, 1.807) is 0 Å². The third kappa shape index (κ3) is 4.74. The average molecular weight is 468 g/mol. The highest BCUT2D eigenvalue weighted by Gasteiger charge is 2.20. The fourth-order valence-electron chi connectivity index (χ4n) is 3.52. The summed E-state index contributed by atoms with van der Waals surface area (Å²) in [7, 11) is 0. The summed E-state index contributed by atoms with van der Waals surface area (Å²) in [5.74, 6) is 1.79. The predicted molar refractivity (Wildman–Crippen MR) is 134 cm³/mol. The lowest BCUT2D eigenvalue weighted by molar-refractivity contribution is 0.0478. The maximum Gasteiger partial charge on any atom is 0.349 e. The number of aryl methyl sites for hydroxylation is 1. The van der Waals surface area contributed by atoms with Crippen LogP contribution in [0.3, 0.4) is 0 Å². The largest absolute Gasteiger partial charge is 0.457 e. The number of para-hydroxylation sites is 1. The zero-order valence-corrected chi connectivity index (χ0v) is 19.2. The van der Waals surface area contributed by atoms with Gasteiger partial charge >= 0.3 is 5.97 Å². The van der Waals surface area contributed by atoms with Crippen LogP contribution in [0.4, 0.5) is 11.5 Å². The number of benzene rings is 3. The van der Waals surface area contributed by atoms with Crippen molar-refractivity contribution in [1.82, 2.24) is 9.97 Å². The number of ether oxygens (including phenoxy) is 2. The van der Waals surface area contributed by atoms with Gasteiger partial charge < -0.3 is 14.8 Å². The van der Waals surface area contributed by atoms with E-state index in [2.05, 4.69) is 15.3 Å². The molecule has 2 aromatic heterocycles. The number of carbonyl (C=O) groups is 1. The van der Waals surface area contributed by atoms with Crippen LogP contribution in [-0.4, -0.2) is 15.9 Å². The number of anilines is 2. The Hall–Kier alpha value is -4.23. The highest BCUT2D eigenvalue weighted by atomic mass is 32.1. The number of rotatable bonds is 7. The van der Waals surface area contributed by atoms with Crippen LogP contribution < -0.4 is 10.1 Å². The van der Waals surface area contributed by atoms with Crippen molar-refractivity contribution in [2.75, 3.05) is 5.32 Å². The van der Waals surface area contributed by atoms with Crippen LogP contribution in [-0.2, 0) is 11.3 Å². The van der Waals surface area contributed by atoms with Gasteiger partial charge in [-0.25, -0.2) is 14.8 Å². The Bertz CT molecular complexity index is 1420. The van der Waals surface area contributed by atoms with Crippen molar-refractivity contribution in [3.63, 3.8) is 0 Å². The Labute approximate surface area is 200 Å². The first kappa shape index (κ1) is 21.6. The molecule has 6 nitrogen and oxygen atoms in total. The van der Waals surface area contributed by atoms with Crippen LogP contribution in [0, 0.1) is 6.92 Å². The van der Waals surface area contributed by atoms with Crippen molar-refractivity contribution in [3.8, 4) is 11.5 Å². The smallest absolute Gasteiger partial charge is 0.349 e. The van der Waals surface area contributed by atoms with Crippen LogP contribution in [0.5, 0.6) is 11.5 Å². The molecule has 0 saturated carbocycles. The van der Waals surface area contributed by atoms with E-state index in [1.807, 2.05) is 91.9 Å². The monoisotopic (exact) mass is 467 g/mol. The molecule has 5 aromatic rings. The Morgan fingerprint density at radius 3 is 2.29 bits per heavy atom. The van der Waals surface area contributed by atoms with Crippen LogP contribution in [0.2, 0.25) is 0 Å². The minimum absolute atomic E-state index is 0.224. The van der Waals surface area contributed by atoms with Crippen LogP contribution in [0.25, 0.3) is 10.2 Å². The standard InChI is InChI=1S/C27H21N3O3S/c1-18-23-25(30-20-12-14-22(15-13-20)33-21-10-6-3-7-11-21)28-17-29-26(23)34-24(18)27(31)32-16-19-8-4-2-5-9-19/h2-15,17H,16H2,1H3,(H,28,29,30). The van der Waals surface area contributed by atoms with Gasteiger partial charge in [-0.15, -0.1) is 11.3 Å². The zero-order valence-electron chi connectivity index (χ0n) is 18.4. The molecule has 0 amide bonds. The van der Waals surface area contributed by atoms with Crippen molar-refractivity contribution >= 4 is 39.0 Å². The van der Waals surface area contributed by atoms with Crippen molar-refractivity contribution in [2.45, 2.75) is 13.5 Å². The van der Waals surface area contributed by atoms with Gasteiger partial charge in [-0.05, 0) is 54.4 Å². The maximum atomic E-state index is 12.8. The van der Waals surface area contributed by atoms with Gasteiger partial charge in [-0.1, -0.05) is 48.5 Å². The maximum absolute atomic E-state index is 12.8. The number of thiophene rings is 1. The summed E-state index contributed by atoms with van der Waals surface area (Å²) >= 11 is 1.31. The first-order valence-electron chi connectivity index (χ1n) is 10.7. The van der Waals surface area contributed by atoms with E-state index in [9.17, 15) is 4.79 Å². The third-order valence-corrected chi connectivity index (χ3v) is 6.40. The Balaban J connectivity index is 1.34. The lowest BCUT2D eigenvalue weighted by Crippen LogP contribution is -2.04. The number of carbonyl (C=O) groups excluding carboxylic acids is 1. The molecular weight excluding hydrogens is 446 g/mol. The SMILES string of the molecule is Cc1c(C(=O)OCc2ccccc2)sc2ncnc(Nc3ccc(Oc4ccccc4)cc3)c12. The predicted octanol–water partition coefficient (Wildman–Crippen LogP) is 6.89. The molecule has 3 aromatic carbocycles. The van der Waals surface area contributed by atoms with E-state index in [1.165, 1.54) is 17.7 Å². The van der Waals surface area contributed by atoms with Gasteiger partial charge in [0.25, 0.3) is 0 Å². The number of nitrogens with one attached hydrogen (secondary N) is 1. The lowest BCUT2D eigenvalue weighted by atomic mass is 10.2. The Kier molecular flexibility index (Phi) is 6.18. The molecule has 34 heavy (non-hydrogen) atoms. The van der Waals surface area contributed by atoms with Gasteiger partial charge in [0, 0.05) is 5.69 Å². The summed E-state index contributed by atoms with van der Waals surface area (Å²) in [6.45, 7) is 2.12. The average Bonchev–Trinajstić information content (AvgIpc) is 3.22. The van der Waals surface area contributed by atoms with Crippen molar-refractivity contribution in [2.24, 2.45) is 0 Å². The number of hydrogen-bond donors (Lipinski definition) is 1. The lowest BCUT2D eigenvalue weighted by Gasteiger charge is -2.09. The number of hydrogen-bond acceptors (Lipinski definition) is 7. The van der Waals surface area contributed by atoms with Gasteiger partial charge in [-0.2, -0.15) is 0 Å². The number of fused-ring (bicyclic) bond motifs is 1. The van der Waals surface area contributed by atoms with E-state index in [4.69, 9.17) is 9.47 Å². The zero-order chi connectivity index (χ0) is 23.3. The third-order valence-electron chi connectivity index (χ3n) is 5.22. The molecule has 2 heterocycles. The topological polar surface area (TPSA) is 73.3 Å². The molecule has 0 aliphatic carbocycles. The molecule has 0 atom stereocenters. The molecule has 0 fully saturated rings. The first-order chi connectivity index (χ1) is 16.7. The molecule has 5 rings (SSSR count). The van der Waals surface area contributed by atoms with Crippen molar-refractivity contribution < 1.29 is 14.3 Å². The molecule has 0 aliphatic rings. The van der Waals surface area contributed by atoms with Gasteiger partial charge in [-0.3, -0.25) is 0 Å².